The Hall–Kier alpha value is -10.6. The topological polar surface area (TPSA) is 318 Å². The number of fused-ring (bicyclic) bond motifs is 8. The molecule has 16 aromatic rings. The van der Waals surface area contributed by atoms with E-state index in [0.29, 0.717) is 153 Å². The van der Waals surface area contributed by atoms with Crippen LogP contribution >= 0.6 is 61.3 Å². The molecule has 1 amide bonds. The first kappa shape index (κ1) is 104. The quantitative estimate of drug-likeness (QED) is 0.0261. The van der Waals surface area contributed by atoms with Gasteiger partial charge < -0.3 is 58.8 Å². The van der Waals surface area contributed by atoms with Gasteiger partial charge in [-0.1, -0.05) is 55.2 Å². The van der Waals surface area contributed by atoms with Gasteiger partial charge in [0, 0.05) is 98.3 Å². The molecule has 0 aliphatic carbocycles. The standard InChI is InChI=1S/C30H40N4O3SSi.C25H26N4O3S.C23H24N4O2S.C22H24BrN3O2SSi.C8H17NO/c1-21-15-24(37-11-8-22-7-6-10-33(2)19-22)17-25-28(21)32-29(26-16-23-9-13-38-27(23)18-31-26)34(30(25)35)20-36-12-14-39(3,4)5;1-15-10-19(32-8-5-17-4-3-7-29(14-17)16(2)30)12-20-23(15)27-24(28-25(20)31)21-11-18-6-9-33-22(18)13-26-21;1-14-9-17(29-7-4-15-3-2-6-24-12-15)11-18-21(14)26-22(27-23(18)28)19-10-16-5-8-30-20(16)13-25-19;1-14-9-16(23)11-17-20(14)25-21(18-10-15-5-7-29-19(15)12-24-18)26(22(17)27)13-28-6-8-30(2,3)4;1-9-5-2-3-8(7-9)4-6-10/h9,13,15-18,22H,6-8,10-12,14,19-20H2,1-5H3;6,9-13,17H,3-5,7-8,14H2,1-2H3,(H,27,28,31);5,8-11,13,15,24H,2-4,6-7,12H2,1H3,(H,26,27,28);5,7,9-12H,6,8,13H2,1-4H3;8,10H,2-7H2,1H3. The Bertz CT molecular complexity index is 7390. The summed E-state index contributed by atoms with van der Waals surface area (Å²) in [6.07, 6.45) is 21.0. The molecule has 4 atom stereocenters. The number of pyridine rings is 4. The monoisotopic (exact) mass is 2090 g/mol. The van der Waals surface area contributed by atoms with Crippen LogP contribution in [0, 0.1) is 51.4 Å². The number of halogens is 1. The number of hydrogen-bond donors (Lipinski definition) is 4. The lowest BCUT2D eigenvalue weighted by Gasteiger charge is -2.32. The van der Waals surface area contributed by atoms with Crippen molar-refractivity contribution in [1.29, 1.82) is 0 Å². The molecule has 0 bridgehead atoms. The minimum Gasteiger partial charge on any atom is -0.494 e. The van der Waals surface area contributed by atoms with Crippen molar-refractivity contribution in [1.82, 2.24) is 79.0 Å². The normalized spacial score (nSPS) is 16.6. The number of aliphatic hydroxyl groups excluding tert-OH is 1. The molecule has 4 fully saturated rings. The van der Waals surface area contributed by atoms with E-state index in [1.165, 1.54) is 58.2 Å². The first-order valence-electron chi connectivity index (χ1n) is 49.6. The lowest BCUT2D eigenvalue weighted by molar-refractivity contribution is -0.130. The van der Waals surface area contributed by atoms with Crippen molar-refractivity contribution in [3.63, 3.8) is 0 Å². The van der Waals surface area contributed by atoms with Crippen LogP contribution in [0.15, 0.2) is 167 Å². The number of aliphatic hydroxyl groups is 1. The fourth-order valence-electron chi connectivity index (χ4n) is 18.8. The largest absolute Gasteiger partial charge is 0.494 e. The second-order valence-corrected chi connectivity index (χ2v) is 56.6. The van der Waals surface area contributed by atoms with Gasteiger partial charge in [-0.15, -0.1) is 45.3 Å². The van der Waals surface area contributed by atoms with Gasteiger partial charge in [-0.05, 0) is 343 Å². The summed E-state index contributed by atoms with van der Waals surface area (Å²) in [7, 11) is 1.88. The van der Waals surface area contributed by atoms with Gasteiger partial charge in [-0.25, -0.2) is 19.9 Å². The van der Waals surface area contributed by atoms with Crippen molar-refractivity contribution in [3.8, 4) is 63.3 Å². The van der Waals surface area contributed by atoms with Crippen molar-refractivity contribution in [2.24, 2.45) is 23.7 Å². The zero-order valence-corrected chi connectivity index (χ0v) is 90.6. The summed E-state index contributed by atoms with van der Waals surface area (Å²) in [5.74, 6) is 6.81. The molecule has 34 heteroatoms. The zero-order valence-electron chi connectivity index (χ0n) is 83.7. The SMILES string of the molecule is CC(=O)N1CCCC(CCOc2cc(C)c3nc(-c4cc5ccsc5cn4)[nH]c(=O)c3c2)C1.CN1CCCC(CCO)C1.Cc1cc(Br)cc2c(=O)n(COCC[Si](C)(C)C)c(-c3cc4ccsc4cn3)nc12.Cc1cc(OCCC2CCCN(C)C2)cc2c(=O)n(COCC[Si](C)(C)C)c(-c3cc4ccsc4cn3)nc12.Cc1cc(OCCC2CCCNC2)cc2c(=O)[nH]c(-c3cc4ccsc4cn3)nc12. The number of likely N-dealkylation sites (tertiary alicyclic amines) is 3. The average molecular weight is 2090 g/mol. The van der Waals surface area contributed by atoms with Crippen LogP contribution in [-0.4, -0.2) is 207 Å². The number of nitrogens with one attached hydrogen (secondary N) is 3. The number of H-pyrrole nitrogens is 2. The van der Waals surface area contributed by atoms with Crippen molar-refractivity contribution in [2.75, 3.05) is 106 Å². The average Bonchev–Trinajstić information content (AvgIpc) is 0.955. The first-order chi connectivity index (χ1) is 68.4. The molecule has 27 nitrogen and oxygen atoms in total. The first-order valence-corrected chi connectivity index (χ1v) is 61.3. The van der Waals surface area contributed by atoms with Crippen LogP contribution in [0.25, 0.3) is 130 Å². The molecule has 4 unspecified atom stereocenters. The predicted molar refractivity (Wildman–Crippen MR) is 589 cm³/mol. The number of rotatable bonds is 28. The fraction of sp³-hybridized carbons (Fsp3) is 0.435. The summed E-state index contributed by atoms with van der Waals surface area (Å²) in [4.78, 5) is 115. The Morgan fingerprint density at radius 1 is 0.451 bits per heavy atom. The summed E-state index contributed by atoms with van der Waals surface area (Å²) in [6.45, 7) is 35.7. The highest BCUT2D eigenvalue weighted by Crippen LogP contribution is 2.36. The second kappa shape index (κ2) is 48.0. The number of hydrogen-bond acceptors (Lipinski definition) is 26. The van der Waals surface area contributed by atoms with E-state index in [9.17, 15) is 24.0 Å². The Morgan fingerprint density at radius 2 is 0.824 bits per heavy atom. The third kappa shape index (κ3) is 27.1. The van der Waals surface area contributed by atoms with Crippen molar-refractivity contribution >= 4 is 167 Å². The van der Waals surface area contributed by atoms with Crippen LogP contribution in [-0.2, 0) is 27.7 Å². The predicted octanol–water partition coefficient (Wildman–Crippen LogP) is 22.0. The summed E-state index contributed by atoms with van der Waals surface area (Å²) in [6, 6.07) is 33.3. The summed E-state index contributed by atoms with van der Waals surface area (Å²) < 4.78 is 38.7. The summed E-state index contributed by atoms with van der Waals surface area (Å²) in [5.41, 5.74) is 8.42. The second-order valence-electron chi connectivity index (χ2n) is 40.7. The van der Waals surface area contributed by atoms with Gasteiger partial charge in [0.2, 0.25) is 5.91 Å². The molecule has 4 N–H and O–H groups in total. The third-order valence-electron chi connectivity index (χ3n) is 26.9. The number of piperidine rings is 4. The maximum atomic E-state index is 14.0. The number of carbonyl (C=O) groups excluding carboxylic acids is 1. The number of aromatic amines is 2. The summed E-state index contributed by atoms with van der Waals surface area (Å²) >= 11 is 10.1. The maximum absolute atomic E-state index is 14.0. The van der Waals surface area contributed by atoms with Crippen molar-refractivity contribution in [2.45, 2.75) is 177 Å². The minimum absolute atomic E-state index is 0.111. The highest BCUT2D eigenvalue weighted by atomic mass is 79.9. The smallest absolute Gasteiger partial charge is 0.263 e. The zero-order chi connectivity index (χ0) is 99.9. The van der Waals surface area contributed by atoms with Gasteiger partial charge in [0.15, 0.2) is 23.3 Å². The Kier molecular flexibility index (Phi) is 35.2. The van der Waals surface area contributed by atoms with E-state index in [4.69, 9.17) is 48.7 Å². The molecule has 4 aromatic carbocycles. The van der Waals surface area contributed by atoms with E-state index < -0.39 is 16.1 Å². The Balaban J connectivity index is 0.000000132. The van der Waals surface area contributed by atoms with Gasteiger partial charge in [-0.3, -0.25) is 53.0 Å². The van der Waals surface area contributed by atoms with Gasteiger partial charge in [0.1, 0.15) is 53.5 Å². The van der Waals surface area contributed by atoms with Crippen LogP contribution < -0.4 is 41.8 Å². The molecule has 0 radical (unpaired) electrons. The molecule has 4 aliphatic rings. The Labute approximate surface area is 854 Å². The van der Waals surface area contributed by atoms with Gasteiger partial charge in [0.05, 0.1) is 82.2 Å². The van der Waals surface area contributed by atoms with Gasteiger partial charge in [-0.2, -0.15) is 0 Å². The van der Waals surface area contributed by atoms with Crippen molar-refractivity contribution < 1.29 is 33.6 Å². The van der Waals surface area contributed by atoms with E-state index in [2.05, 4.69) is 132 Å². The van der Waals surface area contributed by atoms with Crippen LogP contribution in [0.1, 0.15) is 106 Å². The summed E-state index contributed by atoms with van der Waals surface area (Å²) in [5, 5.41) is 26.8. The van der Waals surface area contributed by atoms with E-state index in [1.807, 2.05) is 146 Å². The molecule has 4 saturated heterocycles. The molecular formula is C108H131BrN16O11S4Si2. The van der Waals surface area contributed by atoms with Gasteiger partial charge in [0.25, 0.3) is 22.2 Å². The van der Waals surface area contributed by atoms with Crippen LogP contribution in [0.4, 0.5) is 0 Å². The third-order valence-corrected chi connectivity index (χ3v) is 34.2. The number of aromatic nitrogens is 12. The molecular weight excluding hydrogens is 1960 g/mol. The molecule has 748 valence electrons. The molecule has 16 heterocycles. The number of aryl methyl sites for hydroxylation is 4. The maximum Gasteiger partial charge on any atom is 0.263 e. The number of amides is 1. The molecule has 20 rings (SSSR count). The van der Waals surface area contributed by atoms with Crippen LogP contribution in [0.3, 0.4) is 0 Å². The molecule has 0 saturated carbocycles. The number of thiophene rings is 4. The number of ether oxygens (including phenoxy) is 5. The number of benzene rings is 4. The van der Waals surface area contributed by atoms with E-state index in [1.54, 1.807) is 73.5 Å². The minimum atomic E-state index is -1.26. The number of nitrogens with zero attached hydrogens (tertiary/aromatic N) is 13. The Morgan fingerprint density at radius 3 is 1.23 bits per heavy atom. The van der Waals surface area contributed by atoms with E-state index in [-0.39, 0.29) is 41.6 Å². The van der Waals surface area contributed by atoms with Crippen molar-refractivity contribution in [3.05, 3.63) is 212 Å². The van der Waals surface area contributed by atoms with E-state index >= 15 is 0 Å². The van der Waals surface area contributed by atoms with E-state index in [0.717, 1.165) is 168 Å². The molecule has 142 heavy (non-hydrogen) atoms. The lowest BCUT2D eigenvalue weighted by atomic mass is 9.95. The van der Waals surface area contributed by atoms with Crippen LogP contribution in [0.5, 0.6) is 17.2 Å². The highest BCUT2D eigenvalue weighted by Gasteiger charge is 2.27. The van der Waals surface area contributed by atoms with Gasteiger partial charge >= 0.3 is 0 Å². The molecule has 12 aromatic heterocycles. The highest BCUT2D eigenvalue weighted by molar-refractivity contribution is 9.10. The number of carbonyl (C=O) groups is 1. The lowest BCUT2D eigenvalue weighted by Crippen LogP contribution is -2.38. The molecule has 4 aliphatic heterocycles. The fourth-order valence-corrected chi connectivity index (χ4v) is 23.9. The molecule has 0 spiro atoms. The van der Waals surface area contributed by atoms with Crippen LogP contribution in [0.2, 0.25) is 51.4 Å².